The Hall–Kier alpha value is -3.95. The molecule has 1 aliphatic rings. The van der Waals surface area contributed by atoms with Gasteiger partial charge in [0.25, 0.3) is 5.91 Å². The van der Waals surface area contributed by atoms with Gasteiger partial charge in [0.05, 0.1) is 40.6 Å². The second kappa shape index (κ2) is 7.63. The Kier molecular flexibility index (Phi) is 4.76. The lowest BCUT2D eigenvalue weighted by atomic mass is 10.1. The fourth-order valence-corrected chi connectivity index (χ4v) is 3.50. The first-order chi connectivity index (χ1) is 15.4. The van der Waals surface area contributed by atoms with Crippen LogP contribution in [0.15, 0.2) is 67.3 Å². The predicted octanol–water partition coefficient (Wildman–Crippen LogP) is 4.60. The molecular weight excluding hydrogens is 421 g/mol. The summed E-state index contributed by atoms with van der Waals surface area (Å²) in [7, 11) is 0. The van der Waals surface area contributed by atoms with Gasteiger partial charge in [-0.15, -0.1) is 0 Å². The molecule has 5 rings (SSSR count). The Balaban J connectivity index is 1.42. The molecule has 1 saturated carbocycles. The van der Waals surface area contributed by atoms with Crippen LogP contribution in [-0.4, -0.2) is 30.5 Å². The van der Waals surface area contributed by atoms with Crippen LogP contribution >= 0.6 is 0 Å². The van der Waals surface area contributed by atoms with Gasteiger partial charge in [0.15, 0.2) is 5.82 Å². The number of benzene rings is 1. The summed E-state index contributed by atoms with van der Waals surface area (Å²) in [5.41, 5.74) is 0.941. The van der Waals surface area contributed by atoms with Crippen LogP contribution in [0.25, 0.3) is 11.5 Å². The normalized spacial score (nSPS) is 13.8. The van der Waals surface area contributed by atoms with E-state index in [2.05, 4.69) is 20.5 Å². The number of alkyl halides is 3. The molecule has 1 fully saturated rings. The van der Waals surface area contributed by atoms with E-state index in [1.807, 2.05) is 0 Å². The third-order valence-corrected chi connectivity index (χ3v) is 5.18. The van der Waals surface area contributed by atoms with Crippen LogP contribution in [-0.2, 0) is 6.18 Å². The number of carbonyl (C=O) groups excluding carboxylic acids is 1. The molecule has 1 N–H and O–H groups in total. The predicted molar refractivity (Wildman–Crippen MR) is 110 cm³/mol. The highest BCUT2D eigenvalue weighted by atomic mass is 19.4. The molecule has 162 valence electrons. The summed E-state index contributed by atoms with van der Waals surface area (Å²) in [6, 6.07) is 10.1. The maximum absolute atomic E-state index is 13.1. The van der Waals surface area contributed by atoms with E-state index in [9.17, 15) is 18.0 Å². The van der Waals surface area contributed by atoms with Crippen molar-refractivity contribution in [3.05, 3.63) is 84.1 Å². The highest BCUT2D eigenvalue weighted by Gasteiger charge is 2.34. The summed E-state index contributed by atoms with van der Waals surface area (Å²) < 4.78 is 42.5. The van der Waals surface area contributed by atoms with Gasteiger partial charge in [-0.2, -0.15) is 23.4 Å². The largest absolute Gasteiger partial charge is 0.416 e. The molecule has 0 aliphatic heterocycles. The molecule has 0 unspecified atom stereocenters. The van der Waals surface area contributed by atoms with Gasteiger partial charge in [0.2, 0.25) is 0 Å². The molecule has 1 aliphatic carbocycles. The van der Waals surface area contributed by atoms with Crippen molar-refractivity contribution in [2.75, 3.05) is 5.32 Å². The average Bonchev–Trinajstić information content (AvgIpc) is 3.28. The molecule has 3 heterocycles. The Morgan fingerprint density at radius 1 is 1.06 bits per heavy atom. The molecule has 0 radical (unpaired) electrons. The molecule has 32 heavy (non-hydrogen) atoms. The lowest BCUT2D eigenvalue weighted by molar-refractivity contribution is -0.137. The van der Waals surface area contributed by atoms with E-state index in [-0.39, 0.29) is 11.6 Å². The van der Waals surface area contributed by atoms with Crippen LogP contribution in [0.3, 0.4) is 0 Å². The average molecular weight is 438 g/mol. The third kappa shape index (κ3) is 3.86. The first-order valence-electron chi connectivity index (χ1n) is 9.93. The van der Waals surface area contributed by atoms with Gasteiger partial charge in [0.1, 0.15) is 0 Å². The van der Waals surface area contributed by atoms with Crippen molar-refractivity contribution in [1.82, 2.24) is 24.5 Å². The number of pyridine rings is 1. The molecule has 1 aromatic carbocycles. The van der Waals surface area contributed by atoms with E-state index >= 15 is 0 Å². The van der Waals surface area contributed by atoms with E-state index < -0.39 is 17.6 Å². The van der Waals surface area contributed by atoms with Gasteiger partial charge < -0.3 is 5.32 Å². The molecular formula is C22H17F3N6O. The van der Waals surface area contributed by atoms with E-state index in [0.29, 0.717) is 22.8 Å². The molecule has 3 aromatic heterocycles. The number of amides is 1. The Morgan fingerprint density at radius 2 is 1.91 bits per heavy atom. The number of carbonyl (C=O) groups is 1. The van der Waals surface area contributed by atoms with Crippen LogP contribution < -0.4 is 5.32 Å². The van der Waals surface area contributed by atoms with Gasteiger partial charge >= 0.3 is 6.18 Å². The SMILES string of the molecule is O=C(Nc1ccc(-n2cccn2)nc1)c1cnn(-c2cccc(C(F)(F)F)c2)c1C1CC1. The van der Waals surface area contributed by atoms with E-state index in [4.69, 9.17) is 0 Å². The van der Waals surface area contributed by atoms with Gasteiger partial charge in [0, 0.05) is 18.3 Å². The van der Waals surface area contributed by atoms with Crippen molar-refractivity contribution in [2.45, 2.75) is 24.9 Å². The summed E-state index contributed by atoms with van der Waals surface area (Å²) in [4.78, 5) is 17.2. The smallest absolute Gasteiger partial charge is 0.320 e. The number of anilines is 1. The van der Waals surface area contributed by atoms with Crippen molar-refractivity contribution in [2.24, 2.45) is 0 Å². The van der Waals surface area contributed by atoms with Crippen molar-refractivity contribution in [1.29, 1.82) is 0 Å². The van der Waals surface area contributed by atoms with Crippen LogP contribution in [0.4, 0.5) is 18.9 Å². The van der Waals surface area contributed by atoms with Crippen LogP contribution in [0.5, 0.6) is 0 Å². The number of hydrogen-bond donors (Lipinski definition) is 1. The van der Waals surface area contributed by atoms with Crippen molar-refractivity contribution in [3.8, 4) is 11.5 Å². The van der Waals surface area contributed by atoms with Gasteiger partial charge in [-0.1, -0.05) is 6.07 Å². The second-order valence-electron chi connectivity index (χ2n) is 7.49. The Morgan fingerprint density at radius 3 is 2.56 bits per heavy atom. The Bertz CT molecular complexity index is 1260. The molecule has 10 heteroatoms. The topological polar surface area (TPSA) is 77.6 Å². The molecule has 1 amide bonds. The summed E-state index contributed by atoms with van der Waals surface area (Å²) >= 11 is 0. The first-order valence-corrected chi connectivity index (χ1v) is 9.93. The second-order valence-corrected chi connectivity index (χ2v) is 7.49. The van der Waals surface area contributed by atoms with Gasteiger partial charge in [-0.05, 0) is 49.2 Å². The van der Waals surface area contributed by atoms with Crippen molar-refractivity contribution in [3.63, 3.8) is 0 Å². The Labute approximate surface area is 180 Å². The van der Waals surface area contributed by atoms with E-state index in [0.717, 1.165) is 25.0 Å². The molecule has 7 nitrogen and oxygen atoms in total. The maximum atomic E-state index is 13.1. The summed E-state index contributed by atoms with van der Waals surface area (Å²) in [5, 5.41) is 11.1. The number of halogens is 3. The van der Waals surface area contributed by atoms with Crippen molar-refractivity contribution < 1.29 is 18.0 Å². The minimum absolute atomic E-state index is 0.0770. The highest BCUT2D eigenvalue weighted by molar-refractivity contribution is 6.05. The zero-order chi connectivity index (χ0) is 22.3. The lowest BCUT2D eigenvalue weighted by Crippen LogP contribution is -2.15. The van der Waals surface area contributed by atoms with Gasteiger partial charge in [-0.25, -0.2) is 14.3 Å². The quantitative estimate of drug-likeness (QED) is 0.494. The molecule has 0 atom stereocenters. The monoisotopic (exact) mass is 438 g/mol. The third-order valence-electron chi connectivity index (χ3n) is 5.18. The summed E-state index contributed by atoms with van der Waals surface area (Å²) in [6.07, 6.45) is 3.55. The fraction of sp³-hybridized carbons (Fsp3) is 0.182. The number of nitrogens with one attached hydrogen (secondary N) is 1. The fourth-order valence-electron chi connectivity index (χ4n) is 3.50. The number of aromatic nitrogens is 5. The molecule has 4 aromatic rings. The van der Waals surface area contributed by atoms with Gasteiger partial charge in [-0.3, -0.25) is 4.79 Å². The van der Waals surface area contributed by atoms with E-state index in [1.165, 1.54) is 23.1 Å². The summed E-state index contributed by atoms with van der Waals surface area (Å²) in [6.45, 7) is 0. The van der Waals surface area contributed by atoms with Crippen LogP contribution in [0, 0.1) is 0 Å². The lowest BCUT2D eigenvalue weighted by Gasteiger charge is -2.12. The number of rotatable bonds is 5. The number of hydrogen-bond acceptors (Lipinski definition) is 4. The highest BCUT2D eigenvalue weighted by Crippen LogP contribution is 2.43. The minimum Gasteiger partial charge on any atom is -0.320 e. The first kappa shape index (κ1) is 20.0. The molecule has 0 spiro atoms. The molecule has 0 bridgehead atoms. The minimum atomic E-state index is -4.46. The standard InChI is InChI=1S/C22H17F3N6O/c23-22(24,25)15-3-1-4-17(11-15)31-20(14-5-6-14)18(13-28-31)21(32)29-16-7-8-19(26-12-16)30-10-2-9-27-30/h1-4,7-14H,5-6H2,(H,29,32). The van der Waals surface area contributed by atoms with Crippen LogP contribution in [0.1, 0.15) is 40.4 Å². The number of nitrogens with zero attached hydrogens (tertiary/aromatic N) is 5. The van der Waals surface area contributed by atoms with Crippen molar-refractivity contribution >= 4 is 11.6 Å². The maximum Gasteiger partial charge on any atom is 0.416 e. The van der Waals surface area contributed by atoms with Crippen LogP contribution in [0.2, 0.25) is 0 Å². The zero-order valence-corrected chi connectivity index (χ0v) is 16.6. The molecule has 0 saturated heterocycles. The zero-order valence-electron chi connectivity index (χ0n) is 16.6. The van der Waals surface area contributed by atoms with E-state index in [1.54, 1.807) is 41.3 Å². The summed E-state index contributed by atoms with van der Waals surface area (Å²) in [5.74, 6) is 0.288.